The van der Waals surface area contributed by atoms with E-state index in [1.165, 1.54) is 0 Å². The molecule has 2 aromatic heterocycles. The zero-order chi connectivity index (χ0) is 16.2. The maximum Gasteiger partial charge on any atom is 0.268 e. The van der Waals surface area contributed by atoms with E-state index in [0.29, 0.717) is 18.0 Å². The van der Waals surface area contributed by atoms with Crippen LogP contribution in [0, 0.1) is 0 Å². The summed E-state index contributed by atoms with van der Waals surface area (Å²) in [6.45, 7) is 1.93. The van der Waals surface area contributed by atoms with E-state index in [4.69, 9.17) is 4.42 Å². The van der Waals surface area contributed by atoms with E-state index in [9.17, 15) is 9.59 Å². The molecule has 2 heterocycles. The number of carbonyl (C=O) groups is 2. The summed E-state index contributed by atoms with van der Waals surface area (Å²) in [6.07, 6.45) is 1.54. The van der Waals surface area contributed by atoms with Gasteiger partial charge in [-0.2, -0.15) is 0 Å². The number of furan rings is 1. The minimum absolute atomic E-state index is 0.272. The Morgan fingerprint density at radius 1 is 1.22 bits per heavy atom. The largest absolute Gasteiger partial charge is 0.467 e. The normalized spacial score (nSPS) is 12.0. The lowest BCUT2D eigenvalue weighted by Crippen LogP contribution is -2.44. The molecule has 0 aliphatic carbocycles. The predicted molar refractivity (Wildman–Crippen MR) is 85.8 cm³/mol. The van der Waals surface area contributed by atoms with Crippen molar-refractivity contribution in [1.29, 1.82) is 0 Å². The molecule has 23 heavy (non-hydrogen) atoms. The Labute approximate surface area is 132 Å². The van der Waals surface area contributed by atoms with Crippen LogP contribution >= 0.6 is 0 Å². The highest BCUT2D eigenvalue weighted by atomic mass is 16.3. The van der Waals surface area contributed by atoms with Gasteiger partial charge in [-0.05, 0) is 31.2 Å². The minimum atomic E-state index is -0.649. The number of nitrogens with one attached hydrogen (secondary N) is 3. The molecule has 0 aliphatic rings. The van der Waals surface area contributed by atoms with E-state index in [1.54, 1.807) is 31.4 Å². The quantitative estimate of drug-likeness (QED) is 0.675. The molecule has 3 N–H and O–H groups in total. The number of amides is 2. The molecular formula is C17H17N3O3. The first kappa shape index (κ1) is 14.9. The van der Waals surface area contributed by atoms with E-state index in [1.807, 2.05) is 24.3 Å². The lowest BCUT2D eigenvalue weighted by atomic mass is 10.2. The highest BCUT2D eigenvalue weighted by Gasteiger charge is 2.17. The smallest absolute Gasteiger partial charge is 0.268 e. The van der Waals surface area contributed by atoms with Gasteiger partial charge in [-0.1, -0.05) is 18.2 Å². The summed E-state index contributed by atoms with van der Waals surface area (Å²) in [5.74, 6) is 0.0696. The number of carbonyl (C=O) groups excluding carboxylic acids is 2. The Kier molecular flexibility index (Phi) is 4.14. The highest BCUT2D eigenvalue weighted by Crippen LogP contribution is 2.14. The third kappa shape index (κ3) is 3.42. The summed E-state index contributed by atoms with van der Waals surface area (Å²) >= 11 is 0. The minimum Gasteiger partial charge on any atom is -0.467 e. The van der Waals surface area contributed by atoms with Gasteiger partial charge < -0.3 is 20.0 Å². The number of hydrogen-bond donors (Lipinski definition) is 3. The highest BCUT2D eigenvalue weighted by molar-refractivity contribution is 6.00. The average molecular weight is 311 g/mol. The molecule has 3 aromatic rings. The topological polar surface area (TPSA) is 87.1 Å². The number of fused-ring (bicyclic) bond motifs is 1. The third-order valence-electron chi connectivity index (χ3n) is 3.53. The average Bonchev–Trinajstić information content (AvgIpc) is 3.21. The zero-order valence-electron chi connectivity index (χ0n) is 12.6. The maximum absolute atomic E-state index is 12.2. The molecule has 0 bridgehead atoms. The third-order valence-corrected chi connectivity index (χ3v) is 3.53. The molecule has 0 spiro atoms. The predicted octanol–water partition coefficient (Wildman–Crippen LogP) is 2.20. The summed E-state index contributed by atoms with van der Waals surface area (Å²) in [5.41, 5.74) is 1.31. The molecule has 6 nitrogen and oxygen atoms in total. The fourth-order valence-corrected chi connectivity index (χ4v) is 2.28. The summed E-state index contributed by atoms with van der Waals surface area (Å²) in [4.78, 5) is 27.3. The van der Waals surface area contributed by atoms with Crippen molar-refractivity contribution < 1.29 is 14.0 Å². The Bertz CT molecular complexity index is 788. The van der Waals surface area contributed by atoms with E-state index < -0.39 is 6.04 Å². The number of benzene rings is 1. The summed E-state index contributed by atoms with van der Waals surface area (Å²) < 4.78 is 5.14. The van der Waals surface area contributed by atoms with Crippen molar-refractivity contribution in [2.24, 2.45) is 0 Å². The van der Waals surface area contributed by atoms with Gasteiger partial charge in [-0.25, -0.2) is 0 Å². The van der Waals surface area contributed by atoms with E-state index in [0.717, 1.165) is 10.9 Å². The summed E-state index contributed by atoms with van der Waals surface area (Å²) in [5, 5.41) is 6.34. The van der Waals surface area contributed by atoms with Crippen LogP contribution in [0.25, 0.3) is 10.9 Å². The van der Waals surface area contributed by atoms with Crippen molar-refractivity contribution >= 4 is 22.7 Å². The number of H-pyrrole nitrogens is 1. The monoisotopic (exact) mass is 311 g/mol. The van der Waals surface area contributed by atoms with Gasteiger partial charge in [0.25, 0.3) is 5.91 Å². The first-order valence-corrected chi connectivity index (χ1v) is 7.32. The van der Waals surface area contributed by atoms with Crippen LogP contribution in [-0.2, 0) is 11.3 Å². The summed E-state index contributed by atoms with van der Waals surface area (Å²) in [7, 11) is 0. The lowest BCUT2D eigenvalue weighted by Gasteiger charge is -2.13. The molecule has 0 aliphatic heterocycles. The van der Waals surface area contributed by atoms with Gasteiger partial charge in [0.05, 0.1) is 12.8 Å². The number of rotatable bonds is 5. The molecule has 0 saturated heterocycles. The molecule has 3 rings (SSSR count). The van der Waals surface area contributed by atoms with Gasteiger partial charge in [0.1, 0.15) is 17.5 Å². The van der Waals surface area contributed by atoms with Crippen molar-refractivity contribution in [3.8, 4) is 0 Å². The Balaban J connectivity index is 1.58. The first-order chi connectivity index (χ1) is 11.1. The molecule has 1 aromatic carbocycles. The van der Waals surface area contributed by atoms with Crippen LogP contribution in [0.3, 0.4) is 0 Å². The van der Waals surface area contributed by atoms with E-state index in [-0.39, 0.29) is 11.8 Å². The fraction of sp³-hybridized carbons (Fsp3) is 0.176. The van der Waals surface area contributed by atoms with Crippen LogP contribution in [0.1, 0.15) is 23.2 Å². The van der Waals surface area contributed by atoms with Crippen molar-refractivity contribution in [2.75, 3.05) is 0 Å². The van der Waals surface area contributed by atoms with Gasteiger partial charge in [0.15, 0.2) is 0 Å². The molecule has 118 valence electrons. The zero-order valence-corrected chi connectivity index (χ0v) is 12.6. The fourth-order valence-electron chi connectivity index (χ4n) is 2.28. The van der Waals surface area contributed by atoms with Gasteiger partial charge >= 0.3 is 0 Å². The van der Waals surface area contributed by atoms with Crippen molar-refractivity contribution in [1.82, 2.24) is 15.6 Å². The number of para-hydroxylation sites is 1. The molecular weight excluding hydrogens is 294 g/mol. The number of aromatic nitrogens is 1. The van der Waals surface area contributed by atoms with Crippen molar-refractivity contribution in [2.45, 2.75) is 19.5 Å². The maximum atomic E-state index is 12.2. The molecule has 0 radical (unpaired) electrons. The van der Waals surface area contributed by atoms with Crippen LogP contribution in [0.15, 0.2) is 53.1 Å². The van der Waals surface area contributed by atoms with Crippen LogP contribution in [-0.4, -0.2) is 22.8 Å². The summed E-state index contributed by atoms with van der Waals surface area (Å²) in [6, 6.07) is 12.2. The second-order valence-electron chi connectivity index (χ2n) is 5.26. The van der Waals surface area contributed by atoms with Gasteiger partial charge in [-0.3, -0.25) is 9.59 Å². The van der Waals surface area contributed by atoms with Crippen LogP contribution < -0.4 is 10.6 Å². The molecule has 0 unspecified atom stereocenters. The van der Waals surface area contributed by atoms with Crippen molar-refractivity contribution in [3.63, 3.8) is 0 Å². The molecule has 1 atom stereocenters. The van der Waals surface area contributed by atoms with Gasteiger partial charge in [0, 0.05) is 10.9 Å². The molecule has 6 heteroatoms. The second-order valence-corrected chi connectivity index (χ2v) is 5.26. The Hall–Kier alpha value is -3.02. The van der Waals surface area contributed by atoms with Crippen molar-refractivity contribution in [3.05, 3.63) is 60.2 Å². The first-order valence-electron chi connectivity index (χ1n) is 7.32. The Morgan fingerprint density at radius 3 is 2.78 bits per heavy atom. The SMILES string of the molecule is C[C@H](NC(=O)c1cc2ccccc2[nH]1)C(=O)NCc1ccco1. The van der Waals surface area contributed by atoms with Crippen LogP contribution in [0.2, 0.25) is 0 Å². The van der Waals surface area contributed by atoms with E-state index >= 15 is 0 Å². The van der Waals surface area contributed by atoms with Gasteiger partial charge in [0.2, 0.25) is 5.91 Å². The standard InChI is InChI=1S/C17H17N3O3/c1-11(16(21)18-10-13-6-4-8-23-13)19-17(22)15-9-12-5-2-3-7-14(12)20-15/h2-9,11,20H,10H2,1H3,(H,18,21)(H,19,22)/t11-/m0/s1. The van der Waals surface area contributed by atoms with Crippen LogP contribution in [0.5, 0.6) is 0 Å². The van der Waals surface area contributed by atoms with Gasteiger partial charge in [-0.15, -0.1) is 0 Å². The molecule has 0 saturated carbocycles. The second kappa shape index (κ2) is 6.39. The van der Waals surface area contributed by atoms with Crippen LogP contribution in [0.4, 0.5) is 0 Å². The number of hydrogen-bond acceptors (Lipinski definition) is 3. The lowest BCUT2D eigenvalue weighted by molar-refractivity contribution is -0.122. The Morgan fingerprint density at radius 2 is 2.04 bits per heavy atom. The van der Waals surface area contributed by atoms with E-state index in [2.05, 4.69) is 15.6 Å². The number of aromatic amines is 1. The molecule has 2 amide bonds. The molecule has 0 fully saturated rings.